The van der Waals surface area contributed by atoms with Gasteiger partial charge in [-0.2, -0.15) is 27.1 Å². The maximum Gasteiger partial charge on any atom is 0.434 e. The molecule has 30 heavy (non-hydrogen) atoms. The van der Waals surface area contributed by atoms with Crippen LogP contribution in [0.5, 0.6) is 5.75 Å². The summed E-state index contributed by atoms with van der Waals surface area (Å²) in [6, 6.07) is 11.0. The van der Waals surface area contributed by atoms with Crippen molar-refractivity contribution in [2.24, 2.45) is 0 Å². The summed E-state index contributed by atoms with van der Waals surface area (Å²) in [5.41, 5.74) is -1.57. The van der Waals surface area contributed by atoms with E-state index < -0.39 is 30.0 Å². The number of ether oxygens (including phenoxy) is 1. The zero-order valence-corrected chi connectivity index (χ0v) is 15.7. The van der Waals surface area contributed by atoms with E-state index in [1.54, 1.807) is 0 Å². The lowest BCUT2D eigenvalue weighted by atomic mass is 10.2. The second-order valence-corrected chi connectivity index (χ2v) is 6.44. The molecule has 1 heterocycles. The molecule has 0 aliphatic heterocycles. The minimum Gasteiger partial charge on any atom is -0.435 e. The minimum atomic E-state index is -4.88. The molecule has 5 nitrogen and oxygen atoms in total. The van der Waals surface area contributed by atoms with Crippen LogP contribution in [0.2, 0.25) is 5.02 Å². The van der Waals surface area contributed by atoms with Crippen LogP contribution in [0.3, 0.4) is 0 Å². The van der Waals surface area contributed by atoms with Crippen LogP contribution >= 0.6 is 11.6 Å². The Kier molecular flexibility index (Phi) is 6.25. The highest BCUT2D eigenvalue weighted by molar-refractivity contribution is 6.30. The van der Waals surface area contributed by atoms with E-state index in [-0.39, 0.29) is 23.0 Å². The Morgan fingerprint density at radius 3 is 2.57 bits per heavy atom. The Bertz CT molecular complexity index is 1050. The van der Waals surface area contributed by atoms with Crippen molar-refractivity contribution in [1.29, 1.82) is 0 Å². The fourth-order valence-electron chi connectivity index (χ4n) is 2.70. The van der Waals surface area contributed by atoms with Crippen molar-refractivity contribution in [3.8, 4) is 11.4 Å². The first kappa shape index (κ1) is 21.6. The van der Waals surface area contributed by atoms with Gasteiger partial charge in [0, 0.05) is 11.6 Å². The van der Waals surface area contributed by atoms with Gasteiger partial charge in [0.25, 0.3) is 5.91 Å². The first-order valence-corrected chi connectivity index (χ1v) is 8.76. The third-order valence-corrected chi connectivity index (χ3v) is 4.15. The third-order valence-electron chi connectivity index (χ3n) is 3.91. The van der Waals surface area contributed by atoms with Gasteiger partial charge in [0.2, 0.25) is 0 Å². The van der Waals surface area contributed by atoms with E-state index in [4.69, 9.17) is 11.6 Å². The number of alkyl halides is 5. The van der Waals surface area contributed by atoms with Gasteiger partial charge in [-0.15, -0.1) is 0 Å². The number of hydrogen-bond donors (Lipinski definition) is 1. The predicted octanol–water partition coefficient (Wildman–Crippen LogP) is 5.08. The number of rotatable bonds is 6. The summed E-state index contributed by atoms with van der Waals surface area (Å²) in [4.78, 5) is 12.4. The molecular weight excluding hydrogens is 433 g/mol. The van der Waals surface area contributed by atoms with Crippen LogP contribution in [-0.2, 0) is 12.7 Å². The van der Waals surface area contributed by atoms with E-state index in [0.717, 1.165) is 6.20 Å². The molecule has 2 aromatic carbocycles. The van der Waals surface area contributed by atoms with Gasteiger partial charge in [-0.25, -0.2) is 4.68 Å². The maximum atomic E-state index is 13.7. The summed E-state index contributed by atoms with van der Waals surface area (Å²) in [6.45, 7) is -3.24. The van der Waals surface area contributed by atoms with Crippen molar-refractivity contribution < 1.29 is 31.5 Å². The van der Waals surface area contributed by atoms with Crippen molar-refractivity contribution in [2.45, 2.75) is 19.3 Å². The monoisotopic (exact) mass is 445 g/mol. The molecule has 0 unspecified atom stereocenters. The molecule has 0 fully saturated rings. The SMILES string of the molecule is O=C(NCc1cccc(OC(F)F)c1)c1cnn(-c2cccc(Cl)c2)c1C(F)(F)F. The fraction of sp³-hybridized carbons (Fsp3) is 0.158. The molecule has 11 heteroatoms. The van der Waals surface area contributed by atoms with Crippen molar-refractivity contribution in [3.05, 3.63) is 76.6 Å². The Morgan fingerprint density at radius 2 is 1.90 bits per heavy atom. The maximum absolute atomic E-state index is 13.7. The number of nitrogens with zero attached hydrogens (tertiary/aromatic N) is 2. The van der Waals surface area contributed by atoms with Crippen LogP contribution in [-0.4, -0.2) is 22.3 Å². The van der Waals surface area contributed by atoms with Crippen LogP contribution in [0.4, 0.5) is 22.0 Å². The van der Waals surface area contributed by atoms with Crippen LogP contribution in [0.15, 0.2) is 54.7 Å². The molecule has 158 valence electrons. The van der Waals surface area contributed by atoms with E-state index in [1.807, 2.05) is 0 Å². The summed E-state index contributed by atoms with van der Waals surface area (Å²) in [5, 5.41) is 6.22. The van der Waals surface area contributed by atoms with Crippen LogP contribution < -0.4 is 10.1 Å². The number of aromatic nitrogens is 2. The minimum absolute atomic E-state index is 0.0331. The van der Waals surface area contributed by atoms with Crippen LogP contribution in [0.25, 0.3) is 5.69 Å². The lowest BCUT2D eigenvalue weighted by Gasteiger charge is -2.13. The largest absolute Gasteiger partial charge is 0.435 e. The Balaban J connectivity index is 1.84. The van der Waals surface area contributed by atoms with Gasteiger partial charge in [-0.05, 0) is 35.9 Å². The van der Waals surface area contributed by atoms with Gasteiger partial charge >= 0.3 is 12.8 Å². The summed E-state index contributed by atoms with van der Waals surface area (Å²) >= 11 is 5.83. The first-order chi connectivity index (χ1) is 14.1. The second kappa shape index (κ2) is 8.70. The number of carbonyl (C=O) groups is 1. The Morgan fingerprint density at radius 1 is 1.17 bits per heavy atom. The zero-order chi connectivity index (χ0) is 21.9. The van der Waals surface area contributed by atoms with Crippen molar-refractivity contribution in [1.82, 2.24) is 15.1 Å². The Hall–Kier alpha value is -3.14. The molecule has 0 atom stereocenters. The topological polar surface area (TPSA) is 56.1 Å². The van der Waals surface area contributed by atoms with Gasteiger partial charge in [0.05, 0.1) is 17.4 Å². The van der Waals surface area contributed by atoms with E-state index in [1.165, 1.54) is 48.5 Å². The molecule has 0 aliphatic carbocycles. The van der Waals surface area contributed by atoms with Gasteiger partial charge in [-0.3, -0.25) is 4.79 Å². The van der Waals surface area contributed by atoms with Crippen LogP contribution in [0.1, 0.15) is 21.6 Å². The van der Waals surface area contributed by atoms with Gasteiger partial charge < -0.3 is 10.1 Å². The highest BCUT2D eigenvalue weighted by Crippen LogP contribution is 2.34. The number of amides is 1. The molecule has 1 N–H and O–H groups in total. The molecule has 0 aliphatic rings. The van der Waals surface area contributed by atoms with E-state index in [9.17, 15) is 26.7 Å². The molecule has 1 amide bonds. The first-order valence-electron chi connectivity index (χ1n) is 8.38. The average molecular weight is 446 g/mol. The number of nitrogens with one attached hydrogen (secondary N) is 1. The third kappa shape index (κ3) is 5.07. The highest BCUT2D eigenvalue weighted by atomic mass is 35.5. The predicted molar refractivity (Wildman–Crippen MR) is 97.8 cm³/mol. The zero-order valence-electron chi connectivity index (χ0n) is 15.0. The van der Waals surface area contributed by atoms with Crippen LogP contribution in [0, 0.1) is 0 Å². The highest BCUT2D eigenvalue weighted by Gasteiger charge is 2.40. The molecule has 1 aromatic heterocycles. The number of hydrogen-bond acceptors (Lipinski definition) is 3. The quantitative estimate of drug-likeness (QED) is 0.539. The molecule has 0 saturated heterocycles. The van der Waals surface area contributed by atoms with Crippen molar-refractivity contribution in [2.75, 3.05) is 0 Å². The van der Waals surface area contributed by atoms with Gasteiger partial charge in [-0.1, -0.05) is 29.8 Å². The number of benzene rings is 2. The summed E-state index contributed by atoms with van der Waals surface area (Å²) in [6.07, 6.45) is -4.08. The van der Waals surface area contributed by atoms with Crippen molar-refractivity contribution >= 4 is 17.5 Å². The molecule has 0 bridgehead atoms. The van der Waals surface area contributed by atoms with Gasteiger partial charge in [0.15, 0.2) is 5.69 Å². The smallest absolute Gasteiger partial charge is 0.434 e. The molecule has 3 rings (SSSR count). The normalized spacial score (nSPS) is 11.6. The molecule has 0 spiro atoms. The van der Waals surface area contributed by atoms with Gasteiger partial charge in [0.1, 0.15) is 5.75 Å². The average Bonchev–Trinajstić information content (AvgIpc) is 3.12. The summed E-state index contributed by atoms with van der Waals surface area (Å²) in [5.74, 6) is -1.17. The number of halogens is 6. The van der Waals surface area contributed by atoms with E-state index in [0.29, 0.717) is 10.2 Å². The molecule has 0 saturated carbocycles. The summed E-state index contributed by atoms with van der Waals surface area (Å²) in [7, 11) is 0. The lowest BCUT2D eigenvalue weighted by molar-refractivity contribution is -0.143. The Labute approximate surface area is 172 Å². The molecule has 0 radical (unpaired) electrons. The summed E-state index contributed by atoms with van der Waals surface area (Å²) < 4.78 is 70.4. The fourth-order valence-corrected chi connectivity index (χ4v) is 2.88. The van der Waals surface area contributed by atoms with Crippen molar-refractivity contribution in [3.63, 3.8) is 0 Å². The van der Waals surface area contributed by atoms with E-state index in [2.05, 4.69) is 15.2 Å². The standard InChI is InChI=1S/C19H13ClF5N3O2/c20-12-4-2-5-13(8-12)28-16(19(23,24)25)15(10-27-28)17(29)26-9-11-3-1-6-14(7-11)30-18(21)22/h1-8,10,18H,9H2,(H,26,29). The number of carbonyl (C=O) groups excluding carboxylic acids is 1. The lowest BCUT2D eigenvalue weighted by Crippen LogP contribution is -2.26. The molecule has 3 aromatic rings. The molecular formula is C19H13ClF5N3O2. The second-order valence-electron chi connectivity index (χ2n) is 6.00. The van der Waals surface area contributed by atoms with E-state index >= 15 is 0 Å².